The molecule has 1 aromatic carbocycles. The molecular formula is C11H15NS. The summed E-state index contributed by atoms with van der Waals surface area (Å²) in [5.41, 5.74) is 9.00. The van der Waals surface area contributed by atoms with Gasteiger partial charge < -0.3 is 5.73 Å². The maximum atomic E-state index is 5.75. The van der Waals surface area contributed by atoms with Crippen molar-refractivity contribution < 1.29 is 0 Å². The largest absolute Gasteiger partial charge is 0.399 e. The molecule has 0 saturated carbocycles. The van der Waals surface area contributed by atoms with E-state index in [2.05, 4.69) is 31.4 Å². The molecule has 1 nitrogen and oxygen atoms in total. The van der Waals surface area contributed by atoms with Crippen LogP contribution in [0.2, 0.25) is 0 Å². The first-order valence-corrected chi connectivity index (χ1v) is 5.48. The van der Waals surface area contributed by atoms with Crippen LogP contribution in [-0.4, -0.2) is 6.26 Å². The van der Waals surface area contributed by atoms with E-state index in [1.54, 1.807) is 11.8 Å². The highest BCUT2D eigenvalue weighted by Gasteiger charge is 2.00. The first-order chi connectivity index (χ1) is 6.19. The van der Waals surface area contributed by atoms with E-state index in [1.807, 2.05) is 13.0 Å². The van der Waals surface area contributed by atoms with E-state index < -0.39 is 0 Å². The summed E-state index contributed by atoms with van der Waals surface area (Å²) in [6.07, 6.45) is 4.21. The number of rotatable bonds is 2. The van der Waals surface area contributed by atoms with Gasteiger partial charge in [0.05, 0.1) is 0 Å². The third-order valence-electron chi connectivity index (χ3n) is 2.04. The first-order valence-electron chi connectivity index (χ1n) is 4.26. The van der Waals surface area contributed by atoms with Crippen LogP contribution in [0.25, 0.3) is 4.91 Å². The predicted octanol–water partition coefficient (Wildman–Crippen LogP) is 3.30. The Morgan fingerprint density at radius 1 is 1.46 bits per heavy atom. The predicted molar refractivity (Wildman–Crippen MR) is 62.8 cm³/mol. The number of anilines is 1. The summed E-state index contributed by atoms with van der Waals surface area (Å²) in [6.45, 7) is 4.09. The third-order valence-corrected chi connectivity index (χ3v) is 2.95. The molecule has 0 aliphatic carbocycles. The van der Waals surface area contributed by atoms with Crippen molar-refractivity contribution >= 4 is 22.4 Å². The Balaban J connectivity index is 3.10. The Morgan fingerprint density at radius 3 is 2.62 bits per heavy atom. The van der Waals surface area contributed by atoms with Crippen molar-refractivity contribution in [2.24, 2.45) is 0 Å². The molecule has 0 aliphatic rings. The summed E-state index contributed by atoms with van der Waals surface area (Å²) in [6, 6.07) is 6.15. The van der Waals surface area contributed by atoms with Crippen LogP contribution in [0.1, 0.15) is 18.1 Å². The van der Waals surface area contributed by atoms with Crippen molar-refractivity contribution in [1.82, 2.24) is 0 Å². The van der Waals surface area contributed by atoms with Crippen LogP contribution < -0.4 is 5.73 Å². The van der Waals surface area contributed by atoms with Gasteiger partial charge in [-0.1, -0.05) is 12.1 Å². The molecule has 0 spiro atoms. The van der Waals surface area contributed by atoms with Gasteiger partial charge in [0.1, 0.15) is 0 Å². The molecule has 0 bridgehead atoms. The van der Waals surface area contributed by atoms with E-state index in [9.17, 15) is 0 Å². The number of hydrogen-bond donors (Lipinski definition) is 1. The zero-order chi connectivity index (χ0) is 9.84. The number of hydrogen-bond acceptors (Lipinski definition) is 2. The Morgan fingerprint density at radius 2 is 2.15 bits per heavy atom. The minimum Gasteiger partial charge on any atom is -0.399 e. The lowest BCUT2D eigenvalue weighted by atomic mass is 10.1. The summed E-state index contributed by atoms with van der Waals surface area (Å²) in [4.78, 5) is 1.29. The van der Waals surface area contributed by atoms with Crippen LogP contribution in [0.15, 0.2) is 24.3 Å². The van der Waals surface area contributed by atoms with E-state index in [0.29, 0.717) is 0 Å². The average molecular weight is 193 g/mol. The summed E-state index contributed by atoms with van der Waals surface area (Å²) >= 11 is 1.76. The van der Waals surface area contributed by atoms with Gasteiger partial charge in [0.2, 0.25) is 0 Å². The molecule has 0 radical (unpaired) electrons. The third kappa shape index (κ3) is 2.28. The number of benzene rings is 1. The van der Waals surface area contributed by atoms with Crippen molar-refractivity contribution in [3.05, 3.63) is 35.4 Å². The van der Waals surface area contributed by atoms with Crippen molar-refractivity contribution in [3.63, 3.8) is 0 Å². The van der Waals surface area contributed by atoms with E-state index in [-0.39, 0.29) is 0 Å². The van der Waals surface area contributed by atoms with Crippen LogP contribution in [0, 0.1) is 6.92 Å². The normalized spacial score (nSPS) is 11.8. The van der Waals surface area contributed by atoms with Gasteiger partial charge >= 0.3 is 0 Å². The molecule has 1 aromatic rings. The number of allylic oxidation sites excluding steroid dienone is 1. The van der Waals surface area contributed by atoms with E-state index in [1.165, 1.54) is 10.5 Å². The van der Waals surface area contributed by atoms with Crippen molar-refractivity contribution in [1.29, 1.82) is 0 Å². The van der Waals surface area contributed by atoms with Crippen LogP contribution in [0.3, 0.4) is 0 Å². The molecule has 0 saturated heterocycles. The standard InChI is InChI=1S/C11H15NS/c1-4-11(13-3)9-5-6-10(12)8(2)7-9/h4-7H,12H2,1-3H3/b11-4-. The van der Waals surface area contributed by atoms with Crippen LogP contribution in [0.5, 0.6) is 0 Å². The lowest BCUT2D eigenvalue weighted by Crippen LogP contribution is -1.90. The van der Waals surface area contributed by atoms with E-state index >= 15 is 0 Å². The van der Waals surface area contributed by atoms with Crippen molar-refractivity contribution in [3.8, 4) is 0 Å². The van der Waals surface area contributed by atoms with Gasteiger partial charge in [-0.05, 0) is 43.4 Å². The zero-order valence-corrected chi connectivity index (χ0v) is 9.11. The second-order valence-electron chi connectivity index (χ2n) is 2.93. The Hall–Kier alpha value is -0.890. The van der Waals surface area contributed by atoms with Gasteiger partial charge in [0.15, 0.2) is 0 Å². The highest BCUT2D eigenvalue weighted by molar-refractivity contribution is 8.07. The average Bonchev–Trinajstić information content (AvgIpc) is 2.13. The maximum Gasteiger partial charge on any atom is 0.0344 e. The van der Waals surface area contributed by atoms with Gasteiger partial charge in [-0.2, -0.15) is 0 Å². The molecule has 2 heteroatoms. The van der Waals surface area contributed by atoms with Crippen LogP contribution in [0.4, 0.5) is 5.69 Å². The maximum absolute atomic E-state index is 5.75. The molecule has 0 unspecified atom stereocenters. The lowest BCUT2D eigenvalue weighted by Gasteiger charge is -2.06. The van der Waals surface area contributed by atoms with Gasteiger partial charge in [-0.25, -0.2) is 0 Å². The monoisotopic (exact) mass is 193 g/mol. The molecule has 13 heavy (non-hydrogen) atoms. The SMILES string of the molecule is C/C=C(\SC)c1ccc(N)c(C)c1. The van der Waals surface area contributed by atoms with E-state index in [0.717, 1.165) is 11.3 Å². The van der Waals surface area contributed by atoms with Gasteiger partial charge in [0.25, 0.3) is 0 Å². The van der Waals surface area contributed by atoms with Crippen molar-refractivity contribution in [2.75, 3.05) is 12.0 Å². The smallest absolute Gasteiger partial charge is 0.0344 e. The fourth-order valence-electron chi connectivity index (χ4n) is 1.23. The van der Waals surface area contributed by atoms with Gasteiger partial charge in [0, 0.05) is 10.6 Å². The number of nitrogens with two attached hydrogens (primary N) is 1. The molecule has 70 valence electrons. The fraction of sp³-hybridized carbons (Fsp3) is 0.273. The number of thioether (sulfide) groups is 1. The van der Waals surface area contributed by atoms with Crippen LogP contribution in [-0.2, 0) is 0 Å². The minimum atomic E-state index is 0.861. The molecule has 0 heterocycles. The zero-order valence-electron chi connectivity index (χ0n) is 8.29. The molecule has 0 atom stereocenters. The molecule has 2 N–H and O–H groups in total. The highest BCUT2D eigenvalue weighted by Crippen LogP contribution is 2.26. The molecule has 0 fully saturated rings. The number of aryl methyl sites for hydroxylation is 1. The van der Waals surface area contributed by atoms with Gasteiger partial charge in [-0.15, -0.1) is 11.8 Å². The highest BCUT2D eigenvalue weighted by atomic mass is 32.2. The van der Waals surface area contributed by atoms with Crippen LogP contribution >= 0.6 is 11.8 Å². The second kappa shape index (κ2) is 4.38. The summed E-state index contributed by atoms with van der Waals surface area (Å²) in [7, 11) is 0. The molecule has 0 aromatic heterocycles. The molecular weight excluding hydrogens is 178 g/mol. The van der Waals surface area contributed by atoms with Crippen molar-refractivity contribution in [2.45, 2.75) is 13.8 Å². The van der Waals surface area contributed by atoms with Gasteiger partial charge in [-0.3, -0.25) is 0 Å². The first kappa shape index (κ1) is 10.2. The Kier molecular flexibility index (Phi) is 3.43. The molecule has 0 amide bonds. The minimum absolute atomic E-state index is 0.861. The van der Waals surface area contributed by atoms with E-state index in [4.69, 9.17) is 5.73 Å². The lowest BCUT2D eigenvalue weighted by molar-refractivity contribution is 1.45. The quantitative estimate of drug-likeness (QED) is 0.729. The Labute approximate surface area is 84.0 Å². The summed E-state index contributed by atoms with van der Waals surface area (Å²) in [5, 5.41) is 0. The second-order valence-corrected chi connectivity index (χ2v) is 3.78. The topological polar surface area (TPSA) is 26.0 Å². The summed E-state index contributed by atoms with van der Waals surface area (Å²) in [5.74, 6) is 0. The fourth-order valence-corrected chi connectivity index (χ4v) is 1.83. The number of nitrogen functional groups attached to an aromatic ring is 1. The Bertz CT molecular complexity index is 329. The summed E-state index contributed by atoms with van der Waals surface area (Å²) < 4.78 is 0. The molecule has 1 rings (SSSR count). The molecule has 0 aliphatic heterocycles.